The highest BCUT2D eigenvalue weighted by atomic mass is 32.2. The summed E-state index contributed by atoms with van der Waals surface area (Å²) in [5, 5.41) is 2.90. The Morgan fingerprint density at radius 2 is 2.33 bits per heavy atom. The number of aromatic nitrogens is 1. The lowest BCUT2D eigenvalue weighted by Crippen LogP contribution is -2.31. The minimum absolute atomic E-state index is 0.0239. The Balaban J connectivity index is 2.33. The Morgan fingerprint density at radius 1 is 1.60 bits per heavy atom. The Bertz CT molecular complexity index is 400. The number of nitrogens with zero attached hydrogens (tertiary/aromatic N) is 1. The molecule has 1 aromatic rings. The van der Waals surface area contributed by atoms with Crippen molar-refractivity contribution in [1.29, 1.82) is 0 Å². The van der Waals surface area contributed by atoms with Gasteiger partial charge < -0.3 is 5.73 Å². The van der Waals surface area contributed by atoms with Gasteiger partial charge in [0, 0.05) is 30.6 Å². The van der Waals surface area contributed by atoms with E-state index in [2.05, 4.69) is 9.71 Å². The average molecular weight is 249 g/mol. The number of nitrogens with two attached hydrogens (primary N) is 1. The highest BCUT2D eigenvalue weighted by Gasteiger charge is 2.08. The van der Waals surface area contributed by atoms with E-state index in [1.807, 2.05) is 12.3 Å². The number of rotatable bonds is 6. The van der Waals surface area contributed by atoms with E-state index in [9.17, 15) is 8.42 Å². The van der Waals surface area contributed by atoms with Crippen LogP contribution in [0.25, 0.3) is 0 Å². The molecule has 1 rings (SSSR count). The van der Waals surface area contributed by atoms with Crippen LogP contribution >= 0.6 is 11.3 Å². The van der Waals surface area contributed by atoms with Crippen molar-refractivity contribution in [3.8, 4) is 0 Å². The molecule has 15 heavy (non-hydrogen) atoms. The van der Waals surface area contributed by atoms with Crippen molar-refractivity contribution in [1.82, 2.24) is 9.71 Å². The number of aryl methyl sites for hydroxylation is 1. The smallest absolute Gasteiger partial charge is 0.212 e. The van der Waals surface area contributed by atoms with Gasteiger partial charge in [0.05, 0.1) is 10.8 Å². The zero-order valence-corrected chi connectivity index (χ0v) is 10.2. The Morgan fingerprint density at radius 3 is 2.87 bits per heavy atom. The first-order valence-electron chi connectivity index (χ1n) is 4.62. The predicted molar refractivity (Wildman–Crippen MR) is 61.4 cm³/mol. The third kappa shape index (κ3) is 4.70. The molecule has 7 heteroatoms. The quantitative estimate of drug-likeness (QED) is 0.735. The predicted octanol–water partition coefficient (Wildman–Crippen LogP) is -0.128. The number of sulfonamides is 1. The third-order valence-electron chi connectivity index (χ3n) is 1.71. The maximum absolute atomic E-state index is 11.2. The van der Waals surface area contributed by atoms with Crippen LogP contribution in [0.4, 0.5) is 0 Å². The van der Waals surface area contributed by atoms with Gasteiger partial charge in [0.1, 0.15) is 0 Å². The Kier molecular flexibility index (Phi) is 4.65. The molecule has 0 spiro atoms. The van der Waals surface area contributed by atoms with Crippen LogP contribution in [0.3, 0.4) is 0 Å². The molecular weight excluding hydrogens is 234 g/mol. The summed E-state index contributed by atoms with van der Waals surface area (Å²) in [4.78, 5) is 4.24. The van der Waals surface area contributed by atoms with Crippen LogP contribution in [0, 0.1) is 6.92 Å². The van der Waals surface area contributed by atoms with Crippen molar-refractivity contribution < 1.29 is 8.42 Å². The normalized spacial score (nSPS) is 11.9. The van der Waals surface area contributed by atoms with E-state index in [1.54, 1.807) is 11.3 Å². The maximum atomic E-state index is 11.2. The first kappa shape index (κ1) is 12.6. The minimum Gasteiger partial charge on any atom is -0.329 e. The summed E-state index contributed by atoms with van der Waals surface area (Å²) in [6.45, 7) is 2.44. The van der Waals surface area contributed by atoms with E-state index in [1.165, 1.54) is 0 Å². The first-order valence-corrected chi connectivity index (χ1v) is 7.15. The fourth-order valence-electron chi connectivity index (χ4n) is 1.06. The largest absolute Gasteiger partial charge is 0.329 e. The summed E-state index contributed by atoms with van der Waals surface area (Å²) in [5.74, 6) is -0.0239. The fraction of sp³-hybridized carbons (Fsp3) is 0.625. The number of nitrogens with one attached hydrogen (secondary N) is 1. The zero-order valence-electron chi connectivity index (χ0n) is 8.56. The van der Waals surface area contributed by atoms with E-state index in [0.717, 1.165) is 10.7 Å². The molecule has 86 valence electrons. The van der Waals surface area contributed by atoms with Gasteiger partial charge in [-0.1, -0.05) is 0 Å². The molecule has 0 aliphatic rings. The lowest BCUT2D eigenvalue weighted by atomic mass is 10.4. The molecular formula is C8H15N3O2S2. The summed E-state index contributed by atoms with van der Waals surface area (Å²) in [6, 6.07) is 0. The topological polar surface area (TPSA) is 85.1 Å². The van der Waals surface area contributed by atoms with Crippen molar-refractivity contribution in [3.05, 3.63) is 16.1 Å². The number of hydrogen-bond acceptors (Lipinski definition) is 5. The molecule has 0 saturated heterocycles. The van der Waals surface area contributed by atoms with E-state index < -0.39 is 10.0 Å². The van der Waals surface area contributed by atoms with Gasteiger partial charge in [-0.15, -0.1) is 11.3 Å². The van der Waals surface area contributed by atoms with E-state index in [0.29, 0.717) is 13.0 Å². The SMILES string of the molecule is Cc1csc(CCNS(=O)(=O)CCN)n1. The van der Waals surface area contributed by atoms with Crippen LogP contribution in [0.1, 0.15) is 10.7 Å². The standard InChI is InChI=1S/C8H15N3O2S2/c1-7-6-14-8(11-7)2-4-10-15(12,13)5-3-9/h6,10H,2-5,9H2,1H3. The Hall–Kier alpha value is -0.500. The summed E-state index contributed by atoms with van der Waals surface area (Å²) in [7, 11) is -3.19. The molecule has 0 radical (unpaired) electrons. The molecule has 0 fully saturated rings. The van der Waals surface area contributed by atoms with Crippen molar-refractivity contribution in [3.63, 3.8) is 0 Å². The second-order valence-corrected chi connectivity index (χ2v) is 6.00. The van der Waals surface area contributed by atoms with Crippen LogP contribution in [0.5, 0.6) is 0 Å². The van der Waals surface area contributed by atoms with Gasteiger partial charge in [-0.3, -0.25) is 0 Å². The molecule has 0 aromatic carbocycles. The summed E-state index contributed by atoms with van der Waals surface area (Å²) < 4.78 is 24.9. The van der Waals surface area contributed by atoms with Gasteiger partial charge in [0.25, 0.3) is 0 Å². The fourth-order valence-corrected chi connectivity index (χ4v) is 2.70. The molecule has 0 aliphatic carbocycles. The maximum Gasteiger partial charge on any atom is 0.212 e. The monoisotopic (exact) mass is 249 g/mol. The summed E-state index contributed by atoms with van der Waals surface area (Å²) in [5.41, 5.74) is 6.14. The zero-order chi connectivity index (χ0) is 11.3. The number of thiazole rings is 1. The summed E-state index contributed by atoms with van der Waals surface area (Å²) in [6.07, 6.45) is 0.627. The highest BCUT2D eigenvalue weighted by Crippen LogP contribution is 2.08. The molecule has 0 saturated carbocycles. The van der Waals surface area contributed by atoms with E-state index >= 15 is 0 Å². The molecule has 0 aliphatic heterocycles. The molecule has 5 nitrogen and oxygen atoms in total. The molecule has 0 atom stereocenters. The number of hydrogen-bond donors (Lipinski definition) is 2. The van der Waals surface area contributed by atoms with Gasteiger partial charge in [-0.2, -0.15) is 0 Å². The van der Waals surface area contributed by atoms with Crippen molar-refractivity contribution in [2.24, 2.45) is 5.73 Å². The molecule has 1 aromatic heterocycles. The Labute approximate surface area is 93.8 Å². The van der Waals surface area contributed by atoms with Crippen LogP contribution in [0.2, 0.25) is 0 Å². The van der Waals surface area contributed by atoms with Crippen molar-refractivity contribution in [2.45, 2.75) is 13.3 Å². The molecule has 0 bridgehead atoms. The van der Waals surface area contributed by atoms with Gasteiger partial charge in [-0.25, -0.2) is 18.1 Å². The van der Waals surface area contributed by atoms with Crippen LogP contribution in [0.15, 0.2) is 5.38 Å². The van der Waals surface area contributed by atoms with Crippen LogP contribution in [-0.2, 0) is 16.4 Å². The summed E-state index contributed by atoms with van der Waals surface area (Å²) >= 11 is 1.54. The van der Waals surface area contributed by atoms with Gasteiger partial charge >= 0.3 is 0 Å². The highest BCUT2D eigenvalue weighted by molar-refractivity contribution is 7.89. The lowest BCUT2D eigenvalue weighted by molar-refractivity contribution is 0.581. The van der Waals surface area contributed by atoms with Crippen molar-refractivity contribution in [2.75, 3.05) is 18.8 Å². The second-order valence-electron chi connectivity index (χ2n) is 3.13. The van der Waals surface area contributed by atoms with Crippen LogP contribution < -0.4 is 10.5 Å². The molecule has 1 heterocycles. The molecule has 0 unspecified atom stereocenters. The van der Waals surface area contributed by atoms with Gasteiger partial charge in [0.2, 0.25) is 10.0 Å². The third-order valence-corrected chi connectivity index (χ3v) is 4.16. The van der Waals surface area contributed by atoms with E-state index in [-0.39, 0.29) is 12.3 Å². The van der Waals surface area contributed by atoms with Crippen LogP contribution in [-0.4, -0.2) is 32.2 Å². The molecule has 0 amide bonds. The second kappa shape index (κ2) is 5.55. The van der Waals surface area contributed by atoms with Gasteiger partial charge in [0.15, 0.2) is 0 Å². The molecule has 3 N–H and O–H groups in total. The lowest BCUT2D eigenvalue weighted by Gasteiger charge is -2.03. The average Bonchev–Trinajstić information content (AvgIpc) is 2.51. The van der Waals surface area contributed by atoms with E-state index in [4.69, 9.17) is 5.73 Å². The van der Waals surface area contributed by atoms with Gasteiger partial charge in [-0.05, 0) is 6.92 Å². The first-order chi connectivity index (χ1) is 7.03. The van der Waals surface area contributed by atoms with Crippen molar-refractivity contribution >= 4 is 21.4 Å². The minimum atomic E-state index is -3.19.